The number of hydrogen-bond acceptors (Lipinski definition) is 1. The van der Waals surface area contributed by atoms with Gasteiger partial charge in [-0.3, -0.25) is 0 Å². The third kappa shape index (κ3) is 1.70. The molecule has 0 fully saturated rings. The first kappa shape index (κ1) is 7.54. The van der Waals surface area contributed by atoms with E-state index in [4.69, 9.17) is 4.19 Å². The third-order valence-corrected chi connectivity index (χ3v) is 2.43. The van der Waals surface area contributed by atoms with Crippen molar-refractivity contribution in [3.63, 3.8) is 0 Å². The quantitative estimate of drug-likeness (QED) is 0.655. The average Bonchev–Trinajstić information content (AvgIpc) is 1.88. The molecule has 54 valence electrons. The molecule has 1 aromatic carbocycles. The second kappa shape index (κ2) is 3.01. The fourth-order valence-electron chi connectivity index (χ4n) is 0.551. The predicted molar refractivity (Wildman–Crippen MR) is 34.7 cm³/mol. The molecule has 1 unspecified atom stereocenters. The van der Waals surface area contributed by atoms with Gasteiger partial charge in [0.25, 0.3) is 0 Å². The molecule has 0 aromatic heterocycles. The molecule has 1 N–H and O–H groups in total. The average molecular weight is 207 g/mol. The molecule has 0 saturated carbocycles. The summed E-state index contributed by atoms with van der Waals surface area (Å²) < 4.78 is 31.4. The molecule has 2 nitrogen and oxygen atoms in total. The van der Waals surface area contributed by atoms with E-state index in [1.165, 1.54) is 24.3 Å². The van der Waals surface area contributed by atoms with Crippen molar-refractivity contribution < 1.29 is 12.4 Å². The van der Waals surface area contributed by atoms with Gasteiger partial charge in [-0.25, -0.2) is 0 Å². The summed E-state index contributed by atoms with van der Waals surface area (Å²) in [4.78, 5) is 0. The Balaban J connectivity index is 3.00. The molecule has 0 bridgehead atoms. The van der Waals surface area contributed by atoms with Gasteiger partial charge >= 0.3 is 61.1 Å². The van der Waals surface area contributed by atoms with Crippen molar-refractivity contribution in [1.29, 1.82) is 0 Å². The van der Waals surface area contributed by atoms with Crippen LogP contribution in [0.5, 0.6) is 0 Å². The summed E-state index contributed by atoms with van der Waals surface area (Å²) in [6, 6.07) is 4.96. The van der Waals surface area contributed by atoms with Gasteiger partial charge in [0.05, 0.1) is 0 Å². The molecule has 1 rings (SSSR count). The van der Waals surface area contributed by atoms with Crippen molar-refractivity contribution in [1.82, 2.24) is 0 Å². The van der Waals surface area contributed by atoms with Crippen molar-refractivity contribution in [3.05, 3.63) is 30.1 Å². The Kier molecular flexibility index (Phi) is 2.27. The number of halogens is 1. The van der Waals surface area contributed by atoms with Gasteiger partial charge < -0.3 is 0 Å². The molecule has 0 heterocycles. The van der Waals surface area contributed by atoms with E-state index >= 15 is 0 Å². The van der Waals surface area contributed by atoms with Gasteiger partial charge in [-0.05, 0) is 0 Å². The number of hydrogen-bond donors (Lipinski definition) is 1. The minimum absolute atomic E-state index is 0.307. The van der Waals surface area contributed by atoms with Crippen LogP contribution in [0.15, 0.2) is 24.3 Å². The standard InChI is InChI=1S/C6H5FO2Se/c7-5-1-3-6(4-2-5)10(8)9/h1-4H,(H,8,9). The zero-order valence-corrected chi connectivity index (χ0v) is 6.66. The zero-order chi connectivity index (χ0) is 7.56. The fourth-order valence-corrected chi connectivity index (χ4v) is 1.33. The van der Waals surface area contributed by atoms with E-state index in [0.29, 0.717) is 4.46 Å². The Hall–Kier alpha value is -0.571. The topological polar surface area (TPSA) is 37.3 Å². The molecule has 10 heavy (non-hydrogen) atoms. The summed E-state index contributed by atoms with van der Waals surface area (Å²) >= 11 is -2.85. The minimum atomic E-state index is -2.85. The Labute approximate surface area is 61.7 Å². The van der Waals surface area contributed by atoms with Crippen LogP contribution in [0.2, 0.25) is 0 Å². The SMILES string of the molecule is O=[Se](O)c1ccc(F)cc1. The molecular weight excluding hydrogens is 202 g/mol. The van der Waals surface area contributed by atoms with Gasteiger partial charge in [-0.1, -0.05) is 0 Å². The van der Waals surface area contributed by atoms with E-state index in [9.17, 15) is 8.23 Å². The molecule has 1 atom stereocenters. The Morgan fingerprint density at radius 3 is 2.20 bits per heavy atom. The van der Waals surface area contributed by atoms with Gasteiger partial charge in [0.1, 0.15) is 0 Å². The number of benzene rings is 1. The van der Waals surface area contributed by atoms with Crippen molar-refractivity contribution in [2.45, 2.75) is 0 Å². The molecule has 0 radical (unpaired) electrons. The first-order valence-electron chi connectivity index (χ1n) is 2.56. The maximum atomic E-state index is 12.2. The Morgan fingerprint density at radius 2 is 1.80 bits per heavy atom. The van der Waals surface area contributed by atoms with E-state index in [0.717, 1.165) is 0 Å². The van der Waals surface area contributed by atoms with Gasteiger partial charge in [0, 0.05) is 0 Å². The van der Waals surface area contributed by atoms with Gasteiger partial charge in [-0.15, -0.1) is 0 Å². The summed E-state index contributed by atoms with van der Waals surface area (Å²) in [5.74, 6) is -0.393. The van der Waals surface area contributed by atoms with Crippen LogP contribution in [0.4, 0.5) is 4.39 Å². The van der Waals surface area contributed by atoms with Crippen molar-refractivity contribution in [2.75, 3.05) is 0 Å². The molecule has 0 aliphatic heterocycles. The summed E-state index contributed by atoms with van der Waals surface area (Å²) in [7, 11) is 0. The Morgan fingerprint density at radius 1 is 1.30 bits per heavy atom. The summed E-state index contributed by atoms with van der Waals surface area (Å²) in [6.45, 7) is 0. The van der Waals surface area contributed by atoms with Gasteiger partial charge in [0.15, 0.2) is 0 Å². The molecule has 0 spiro atoms. The molecule has 0 amide bonds. The van der Waals surface area contributed by atoms with Crippen LogP contribution in [0.1, 0.15) is 0 Å². The molecular formula is C6H5FO2Se. The zero-order valence-electron chi connectivity index (χ0n) is 4.95. The molecule has 0 saturated heterocycles. The van der Waals surface area contributed by atoms with Crippen LogP contribution >= 0.6 is 0 Å². The van der Waals surface area contributed by atoms with Gasteiger partial charge in [-0.2, -0.15) is 0 Å². The molecule has 1 aromatic rings. The van der Waals surface area contributed by atoms with Crippen molar-refractivity contribution in [3.8, 4) is 0 Å². The van der Waals surface area contributed by atoms with Crippen molar-refractivity contribution >= 4 is 18.6 Å². The Bertz CT molecular complexity index is 244. The molecule has 4 heteroatoms. The first-order chi connectivity index (χ1) is 4.70. The van der Waals surface area contributed by atoms with Gasteiger partial charge in [0.2, 0.25) is 0 Å². The van der Waals surface area contributed by atoms with E-state index in [1.807, 2.05) is 0 Å². The van der Waals surface area contributed by atoms with Crippen LogP contribution in [-0.2, 0) is 3.83 Å². The van der Waals surface area contributed by atoms with E-state index < -0.39 is 20.0 Å². The van der Waals surface area contributed by atoms with Crippen LogP contribution in [0.3, 0.4) is 0 Å². The van der Waals surface area contributed by atoms with E-state index in [-0.39, 0.29) is 0 Å². The van der Waals surface area contributed by atoms with E-state index in [2.05, 4.69) is 0 Å². The van der Waals surface area contributed by atoms with E-state index in [1.54, 1.807) is 0 Å². The summed E-state index contributed by atoms with van der Waals surface area (Å²) in [5.41, 5.74) is 0. The first-order valence-corrected chi connectivity index (χ1v) is 4.89. The number of rotatable bonds is 1. The normalized spacial score (nSPS) is 13.0. The molecule has 0 aliphatic carbocycles. The second-order valence-corrected chi connectivity index (χ2v) is 3.74. The summed E-state index contributed by atoms with van der Waals surface area (Å²) in [6.07, 6.45) is 0. The van der Waals surface area contributed by atoms with Crippen LogP contribution in [0.25, 0.3) is 0 Å². The fraction of sp³-hybridized carbons (Fsp3) is 0. The van der Waals surface area contributed by atoms with Crippen LogP contribution in [0, 0.1) is 5.82 Å². The molecule has 0 aliphatic rings. The second-order valence-electron chi connectivity index (χ2n) is 1.70. The maximum absolute atomic E-state index is 12.2. The predicted octanol–water partition coefficient (Wildman–Crippen LogP) is -0.0563. The summed E-state index contributed by atoms with van der Waals surface area (Å²) in [5, 5.41) is 0. The van der Waals surface area contributed by atoms with Crippen molar-refractivity contribution in [2.24, 2.45) is 0 Å². The third-order valence-electron chi connectivity index (χ3n) is 1.02. The van der Waals surface area contributed by atoms with Crippen LogP contribution < -0.4 is 4.46 Å². The monoisotopic (exact) mass is 208 g/mol. The van der Waals surface area contributed by atoms with Crippen LogP contribution in [-0.4, -0.2) is 18.4 Å².